The molecule has 2 saturated heterocycles. The SMILES string of the molecule is O=C(CCC(=O)N1CCN(Cc2cccnc2)CC1)N1CCC(O)CC1. The molecule has 0 aromatic carbocycles. The van der Waals surface area contributed by atoms with Crippen LogP contribution in [0, 0.1) is 0 Å². The largest absolute Gasteiger partial charge is 0.393 e. The quantitative estimate of drug-likeness (QED) is 0.827. The number of aromatic nitrogens is 1. The molecular weight excluding hydrogens is 332 g/mol. The summed E-state index contributed by atoms with van der Waals surface area (Å²) in [6, 6.07) is 4.00. The molecule has 7 heteroatoms. The Morgan fingerprint density at radius 2 is 1.62 bits per heavy atom. The molecule has 0 unspecified atom stereocenters. The molecule has 142 valence electrons. The number of aliphatic hydroxyl groups excluding tert-OH is 1. The van der Waals surface area contributed by atoms with E-state index in [2.05, 4.69) is 16.0 Å². The number of nitrogens with zero attached hydrogens (tertiary/aromatic N) is 4. The van der Waals surface area contributed by atoms with Gasteiger partial charge in [-0.2, -0.15) is 0 Å². The number of hydrogen-bond acceptors (Lipinski definition) is 5. The molecule has 0 bridgehead atoms. The first-order valence-corrected chi connectivity index (χ1v) is 9.46. The minimum Gasteiger partial charge on any atom is -0.393 e. The topological polar surface area (TPSA) is 77.0 Å². The summed E-state index contributed by atoms with van der Waals surface area (Å²) in [5.41, 5.74) is 1.18. The predicted molar refractivity (Wildman–Crippen MR) is 97.1 cm³/mol. The zero-order chi connectivity index (χ0) is 18.4. The first kappa shape index (κ1) is 18.8. The predicted octanol–water partition coefficient (Wildman–Crippen LogP) is 0.489. The lowest BCUT2D eigenvalue weighted by molar-refractivity contribution is -0.139. The molecule has 0 atom stereocenters. The van der Waals surface area contributed by atoms with E-state index in [4.69, 9.17) is 0 Å². The van der Waals surface area contributed by atoms with Crippen LogP contribution in [0.3, 0.4) is 0 Å². The van der Waals surface area contributed by atoms with Crippen LogP contribution < -0.4 is 0 Å². The molecule has 3 heterocycles. The van der Waals surface area contributed by atoms with E-state index in [1.165, 1.54) is 5.56 Å². The number of amides is 2. The number of carbonyl (C=O) groups is 2. The third kappa shape index (κ3) is 5.25. The van der Waals surface area contributed by atoms with Gasteiger partial charge < -0.3 is 14.9 Å². The second-order valence-corrected chi connectivity index (χ2v) is 7.13. The molecule has 0 aliphatic carbocycles. The van der Waals surface area contributed by atoms with Crippen molar-refractivity contribution in [1.82, 2.24) is 19.7 Å². The molecule has 1 aromatic heterocycles. The fourth-order valence-electron chi connectivity index (χ4n) is 3.55. The van der Waals surface area contributed by atoms with Crippen molar-refractivity contribution in [1.29, 1.82) is 0 Å². The third-order valence-electron chi connectivity index (χ3n) is 5.22. The van der Waals surface area contributed by atoms with E-state index in [0.29, 0.717) is 39.0 Å². The molecule has 0 saturated carbocycles. The molecule has 3 rings (SSSR count). The average molecular weight is 360 g/mol. The molecule has 1 aromatic rings. The highest BCUT2D eigenvalue weighted by atomic mass is 16.3. The lowest BCUT2D eigenvalue weighted by atomic mass is 10.1. The van der Waals surface area contributed by atoms with Gasteiger partial charge in [0.1, 0.15) is 0 Å². The van der Waals surface area contributed by atoms with Crippen LogP contribution in [0.25, 0.3) is 0 Å². The van der Waals surface area contributed by atoms with Crippen molar-refractivity contribution in [3.63, 3.8) is 0 Å². The molecule has 0 radical (unpaired) electrons. The first-order chi connectivity index (χ1) is 12.6. The Kier molecular flexibility index (Phi) is 6.57. The minimum absolute atomic E-state index is 0.0282. The maximum absolute atomic E-state index is 12.4. The van der Waals surface area contributed by atoms with Crippen LogP contribution in [0.4, 0.5) is 0 Å². The Balaban J connectivity index is 1.36. The second kappa shape index (κ2) is 9.09. The van der Waals surface area contributed by atoms with Crippen molar-refractivity contribution in [2.75, 3.05) is 39.3 Å². The number of piperazine rings is 1. The highest BCUT2D eigenvalue weighted by Gasteiger charge is 2.24. The highest BCUT2D eigenvalue weighted by Crippen LogP contribution is 2.13. The van der Waals surface area contributed by atoms with Gasteiger partial charge in [-0.25, -0.2) is 0 Å². The lowest BCUT2D eigenvalue weighted by Gasteiger charge is -2.35. The maximum atomic E-state index is 12.4. The Morgan fingerprint density at radius 1 is 1.00 bits per heavy atom. The Morgan fingerprint density at radius 3 is 2.19 bits per heavy atom. The fraction of sp³-hybridized carbons (Fsp3) is 0.632. The van der Waals surface area contributed by atoms with E-state index in [1.807, 2.05) is 17.2 Å². The van der Waals surface area contributed by atoms with E-state index in [0.717, 1.165) is 19.6 Å². The summed E-state index contributed by atoms with van der Waals surface area (Å²) < 4.78 is 0. The van der Waals surface area contributed by atoms with Crippen LogP contribution in [-0.4, -0.2) is 82.0 Å². The minimum atomic E-state index is -0.288. The Labute approximate surface area is 154 Å². The molecule has 2 aliphatic rings. The van der Waals surface area contributed by atoms with E-state index in [9.17, 15) is 14.7 Å². The number of carbonyl (C=O) groups excluding carboxylic acids is 2. The second-order valence-electron chi connectivity index (χ2n) is 7.13. The van der Waals surface area contributed by atoms with Gasteiger partial charge in [-0.15, -0.1) is 0 Å². The van der Waals surface area contributed by atoms with Crippen molar-refractivity contribution in [3.8, 4) is 0 Å². The highest BCUT2D eigenvalue weighted by molar-refractivity contribution is 5.84. The van der Waals surface area contributed by atoms with Crippen molar-refractivity contribution in [3.05, 3.63) is 30.1 Å². The summed E-state index contributed by atoms with van der Waals surface area (Å²) in [6.07, 6.45) is 5.18. The molecule has 1 N–H and O–H groups in total. The average Bonchev–Trinajstić information content (AvgIpc) is 2.68. The van der Waals surface area contributed by atoms with Crippen molar-refractivity contribution in [2.24, 2.45) is 0 Å². The van der Waals surface area contributed by atoms with Gasteiger partial charge in [0.2, 0.25) is 11.8 Å². The Bertz CT molecular complexity index is 594. The summed E-state index contributed by atoms with van der Waals surface area (Å²) in [5.74, 6) is 0.0943. The van der Waals surface area contributed by atoms with Crippen LogP contribution >= 0.6 is 0 Å². The summed E-state index contributed by atoms with van der Waals surface area (Å²) in [5, 5.41) is 9.51. The Hall–Kier alpha value is -1.99. The standard InChI is InChI=1S/C19H28N4O3/c24-17-5-8-22(9-6-17)18(25)3-4-19(26)23-12-10-21(11-13-23)15-16-2-1-7-20-14-16/h1-2,7,14,17,24H,3-6,8-13,15H2. The van der Waals surface area contributed by atoms with Gasteiger partial charge >= 0.3 is 0 Å². The molecule has 2 amide bonds. The number of hydrogen-bond donors (Lipinski definition) is 1. The smallest absolute Gasteiger partial charge is 0.223 e. The van der Waals surface area contributed by atoms with Crippen molar-refractivity contribution >= 4 is 11.8 Å². The molecule has 2 aliphatic heterocycles. The molecular formula is C19H28N4O3. The molecule has 2 fully saturated rings. The van der Waals surface area contributed by atoms with Crippen LogP contribution in [0.1, 0.15) is 31.2 Å². The van der Waals surface area contributed by atoms with Crippen LogP contribution in [-0.2, 0) is 16.1 Å². The van der Waals surface area contributed by atoms with Crippen molar-refractivity contribution in [2.45, 2.75) is 38.3 Å². The summed E-state index contributed by atoms with van der Waals surface area (Å²) in [4.78, 5) is 34.7. The number of aliphatic hydroxyl groups is 1. The fourth-order valence-corrected chi connectivity index (χ4v) is 3.55. The van der Waals surface area contributed by atoms with Crippen LogP contribution in [0.15, 0.2) is 24.5 Å². The zero-order valence-electron chi connectivity index (χ0n) is 15.2. The van der Waals surface area contributed by atoms with Gasteiger partial charge in [0, 0.05) is 71.0 Å². The van der Waals surface area contributed by atoms with E-state index >= 15 is 0 Å². The number of rotatable bonds is 5. The molecule has 0 spiro atoms. The molecule has 7 nitrogen and oxygen atoms in total. The number of likely N-dealkylation sites (tertiary alicyclic amines) is 1. The van der Waals surface area contributed by atoms with E-state index in [-0.39, 0.29) is 30.8 Å². The van der Waals surface area contributed by atoms with Gasteiger partial charge in [-0.3, -0.25) is 19.5 Å². The van der Waals surface area contributed by atoms with Crippen LogP contribution in [0.2, 0.25) is 0 Å². The maximum Gasteiger partial charge on any atom is 0.223 e. The first-order valence-electron chi connectivity index (χ1n) is 9.46. The van der Waals surface area contributed by atoms with Gasteiger partial charge in [0.15, 0.2) is 0 Å². The summed E-state index contributed by atoms with van der Waals surface area (Å²) >= 11 is 0. The summed E-state index contributed by atoms with van der Waals surface area (Å²) in [7, 11) is 0. The van der Waals surface area contributed by atoms with E-state index < -0.39 is 0 Å². The van der Waals surface area contributed by atoms with Gasteiger partial charge in [-0.1, -0.05) is 6.07 Å². The third-order valence-corrected chi connectivity index (χ3v) is 5.22. The van der Waals surface area contributed by atoms with Gasteiger partial charge in [-0.05, 0) is 24.5 Å². The van der Waals surface area contributed by atoms with Gasteiger partial charge in [0.25, 0.3) is 0 Å². The summed E-state index contributed by atoms with van der Waals surface area (Å²) in [6.45, 7) is 5.17. The van der Waals surface area contributed by atoms with Crippen molar-refractivity contribution < 1.29 is 14.7 Å². The monoisotopic (exact) mass is 360 g/mol. The van der Waals surface area contributed by atoms with E-state index in [1.54, 1.807) is 11.1 Å². The zero-order valence-corrected chi connectivity index (χ0v) is 15.2. The number of pyridine rings is 1. The number of piperidine rings is 1. The van der Waals surface area contributed by atoms with Crippen LogP contribution in [0.5, 0.6) is 0 Å². The lowest BCUT2D eigenvalue weighted by Crippen LogP contribution is -2.48. The normalized spacial score (nSPS) is 19.6. The van der Waals surface area contributed by atoms with Gasteiger partial charge in [0.05, 0.1) is 6.10 Å². The molecule has 26 heavy (non-hydrogen) atoms.